The van der Waals surface area contributed by atoms with Gasteiger partial charge in [-0.15, -0.1) is 0 Å². The van der Waals surface area contributed by atoms with Crippen molar-refractivity contribution in [1.82, 2.24) is 10.2 Å². The summed E-state index contributed by atoms with van der Waals surface area (Å²) in [6.45, 7) is 2.65. The molecular formula is C18H21BrN2O2. The zero-order valence-electron chi connectivity index (χ0n) is 13.0. The van der Waals surface area contributed by atoms with E-state index in [1.807, 2.05) is 36.4 Å². The topological polar surface area (TPSA) is 45.5 Å². The molecule has 4 nitrogen and oxygen atoms in total. The number of halogens is 1. The van der Waals surface area contributed by atoms with Crippen LogP contribution < -0.4 is 5.32 Å². The number of amides is 1. The number of likely N-dealkylation sites (tertiary alicyclic amines) is 1. The number of nitrogens with zero attached hydrogens (tertiary/aromatic N) is 1. The number of benzene rings is 1. The van der Waals surface area contributed by atoms with Crippen LogP contribution in [0.4, 0.5) is 0 Å². The Bertz CT molecular complexity index is 636. The van der Waals surface area contributed by atoms with Crippen LogP contribution >= 0.6 is 15.9 Å². The maximum Gasteiger partial charge on any atom is 0.252 e. The molecule has 2 aromatic rings. The minimum atomic E-state index is -0.0639. The fraction of sp³-hybridized carbons (Fsp3) is 0.389. The van der Waals surface area contributed by atoms with Gasteiger partial charge in [-0.2, -0.15) is 0 Å². The van der Waals surface area contributed by atoms with Crippen LogP contribution in [-0.2, 0) is 0 Å². The lowest BCUT2D eigenvalue weighted by Crippen LogP contribution is -2.40. The number of carbonyl (C=O) groups is 1. The van der Waals surface area contributed by atoms with Gasteiger partial charge in [0.05, 0.1) is 17.9 Å². The predicted molar refractivity (Wildman–Crippen MR) is 93.3 cm³/mol. The molecular weight excluding hydrogens is 356 g/mol. The van der Waals surface area contributed by atoms with E-state index >= 15 is 0 Å². The van der Waals surface area contributed by atoms with Crippen molar-refractivity contribution < 1.29 is 9.21 Å². The summed E-state index contributed by atoms with van der Waals surface area (Å²) in [4.78, 5) is 14.8. The predicted octanol–water partition coefficient (Wildman–Crippen LogP) is 4.00. The summed E-state index contributed by atoms with van der Waals surface area (Å²) in [7, 11) is 0. The highest BCUT2D eigenvalue weighted by molar-refractivity contribution is 9.10. The van der Waals surface area contributed by atoms with E-state index in [1.54, 1.807) is 6.26 Å². The van der Waals surface area contributed by atoms with E-state index < -0.39 is 0 Å². The highest BCUT2D eigenvalue weighted by Crippen LogP contribution is 2.25. The first kappa shape index (κ1) is 16.3. The lowest BCUT2D eigenvalue weighted by Gasteiger charge is -2.33. The quantitative estimate of drug-likeness (QED) is 0.857. The lowest BCUT2D eigenvalue weighted by molar-refractivity contribution is 0.0913. The summed E-state index contributed by atoms with van der Waals surface area (Å²) >= 11 is 3.43. The van der Waals surface area contributed by atoms with Crippen LogP contribution in [0.15, 0.2) is 51.6 Å². The van der Waals surface area contributed by atoms with Crippen molar-refractivity contribution in [2.75, 3.05) is 19.6 Å². The van der Waals surface area contributed by atoms with Gasteiger partial charge in [0.25, 0.3) is 5.91 Å². The molecule has 1 N–H and O–H groups in total. The third-order valence-electron chi connectivity index (χ3n) is 4.28. The van der Waals surface area contributed by atoms with Crippen LogP contribution in [0.1, 0.15) is 41.4 Å². The van der Waals surface area contributed by atoms with Gasteiger partial charge < -0.3 is 9.73 Å². The van der Waals surface area contributed by atoms with Crippen molar-refractivity contribution >= 4 is 21.8 Å². The standard InChI is InChI=1S/C18H21BrN2O2/c19-15-8-3-2-7-14(15)18(22)20-13-16(17-9-6-12-23-17)21-10-4-1-5-11-21/h2-3,6-9,12,16H,1,4-5,10-11,13H2,(H,20,22)/t16-/m0/s1. The SMILES string of the molecule is O=C(NC[C@@H](c1ccco1)N1CCCCC1)c1ccccc1Br. The second-order valence-corrected chi connectivity index (χ2v) is 6.67. The van der Waals surface area contributed by atoms with Crippen molar-refractivity contribution in [3.63, 3.8) is 0 Å². The van der Waals surface area contributed by atoms with Gasteiger partial charge >= 0.3 is 0 Å². The molecule has 5 heteroatoms. The molecule has 122 valence electrons. The van der Waals surface area contributed by atoms with Crippen LogP contribution in [-0.4, -0.2) is 30.4 Å². The molecule has 1 amide bonds. The summed E-state index contributed by atoms with van der Waals surface area (Å²) in [5.74, 6) is 0.852. The zero-order valence-corrected chi connectivity index (χ0v) is 14.6. The van der Waals surface area contributed by atoms with Gasteiger partial charge in [0.15, 0.2) is 0 Å². The molecule has 1 aliphatic heterocycles. The Morgan fingerprint density at radius 3 is 2.65 bits per heavy atom. The number of carbonyl (C=O) groups excluding carboxylic acids is 1. The molecule has 1 saturated heterocycles. The summed E-state index contributed by atoms with van der Waals surface area (Å²) in [6, 6.07) is 11.5. The molecule has 0 radical (unpaired) electrons. The summed E-state index contributed by atoms with van der Waals surface area (Å²) in [6.07, 6.45) is 5.39. The number of hydrogen-bond donors (Lipinski definition) is 1. The second-order valence-electron chi connectivity index (χ2n) is 5.82. The van der Waals surface area contributed by atoms with Crippen molar-refractivity contribution in [2.45, 2.75) is 25.3 Å². The fourth-order valence-electron chi connectivity index (χ4n) is 3.05. The summed E-state index contributed by atoms with van der Waals surface area (Å²) < 4.78 is 6.42. The van der Waals surface area contributed by atoms with E-state index in [0.29, 0.717) is 12.1 Å². The summed E-state index contributed by atoms with van der Waals surface area (Å²) in [5.41, 5.74) is 0.657. The van der Waals surface area contributed by atoms with Crippen LogP contribution in [0.2, 0.25) is 0 Å². The molecule has 1 fully saturated rings. The Hall–Kier alpha value is -1.59. The van der Waals surface area contributed by atoms with Crippen LogP contribution in [0.3, 0.4) is 0 Å². The van der Waals surface area contributed by atoms with Gasteiger partial charge in [-0.1, -0.05) is 18.6 Å². The van der Waals surface area contributed by atoms with E-state index in [4.69, 9.17) is 4.42 Å². The molecule has 0 unspecified atom stereocenters. The average molecular weight is 377 g/mol. The van der Waals surface area contributed by atoms with Gasteiger partial charge in [0.1, 0.15) is 5.76 Å². The number of hydrogen-bond acceptors (Lipinski definition) is 3. The first-order valence-electron chi connectivity index (χ1n) is 8.06. The van der Waals surface area contributed by atoms with Crippen LogP contribution in [0.5, 0.6) is 0 Å². The largest absolute Gasteiger partial charge is 0.468 e. The second kappa shape index (κ2) is 7.79. The average Bonchev–Trinajstić information content (AvgIpc) is 3.10. The molecule has 2 heterocycles. The van der Waals surface area contributed by atoms with Crippen molar-refractivity contribution in [2.24, 2.45) is 0 Å². The normalized spacial score (nSPS) is 16.9. The first-order chi connectivity index (χ1) is 11.3. The zero-order chi connectivity index (χ0) is 16.1. The Morgan fingerprint density at radius 2 is 1.96 bits per heavy atom. The molecule has 1 aliphatic rings. The molecule has 1 aromatic heterocycles. The maximum absolute atomic E-state index is 12.4. The Morgan fingerprint density at radius 1 is 1.17 bits per heavy atom. The van der Waals surface area contributed by atoms with E-state index in [9.17, 15) is 4.79 Å². The Kier molecular flexibility index (Phi) is 5.51. The van der Waals surface area contributed by atoms with Gasteiger partial charge in [-0.3, -0.25) is 9.69 Å². The van der Waals surface area contributed by atoms with E-state index in [-0.39, 0.29) is 11.9 Å². The Labute approximate surface area is 145 Å². The third-order valence-corrected chi connectivity index (χ3v) is 4.97. The maximum atomic E-state index is 12.4. The molecule has 1 aromatic carbocycles. The minimum absolute atomic E-state index is 0.0639. The number of rotatable bonds is 5. The highest BCUT2D eigenvalue weighted by Gasteiger charge is 2.25. The van der Waals surface area contributed by atoms with E-state index in [1.165, 1.54) is 19.3 Å². The lowest BCUT2D eigenvalue weighted by atomic mass is 10.1. The van der Waals surface area contributed by atoms with Gasteiger partial charge in [0.2, 0.25) is 0 Å². The highest BCUT2D eigenvalue weighted by atomic mass is 79.9. The molecule has 1 atom stereocenters. The van der Waals surface area contributed by atoms with Crippen molar-refractivity contribution in [3.8, 4) is 0 Å². The monoisotopic (exact) mass is 376 g/mol. The van der Waals surface area contributed by atoms with Gasteiger partial charge in [-0.25, -0.2) is 0 Å². The number of furan rings is 1. The van der Waals surface area contributed by atoms with E-state index in [2.05, 4.69) is 26.1 Å². The molecule has 0 bridgehead atoms. The van der Waals surface area contributed by atoms with Gasteiger partial charge in [0, 0.05) is 11.0 Å². The van der Waals surface area contributed by atoms with Crippen LogP contribution in [0, 0.1) is 0 Å². The first-order valence-corrected chi connectivity index (χ1v) is 8.85. The molecule has 23 heavy (non-hydrogen) atoms. The smallest absolute Gasteiger partial charge is 0.252 e. The minimum Gasteiger partial charge on any atom is -0.468 e. The molecule has 0 spiro atoms. The third kappa shape index (κ3) is 4.03. The number of piperidine rings is 1. The number of nitrogens with one attached hydrogen (secondary N) is 1. The van der Waals surface area contributed by atoms with Crippen LogP contribution in [0.25, 0.3) is 0 Å². The molecule has 0 aliphatic carbocycles. The van der Waals surface area contributed by atoms with E-state index in [0.717, 1.165) is 23.3 Å². The summed E-state index contributed by atoms with van der Waals surface area (Å²) in [5, 5.41) is 3.05. The molecule has 3 rings (SSSR count). The Balaban J connectivity index is 1.69. The van der Waals surface area contributed by atoms with Crippen molar-refractivity contribution in [3.05, 3.63) is 58.5 Å². The van der Waals surface area contributed by atoms with Gasteiger partial charge in [-0.05, 0) is 66.1 Å². The molecule has 0 saturated carbocycles. The van der Waals surface area contributed by atoms with Crippen molar-refractivity contribution in [1.29, 1.82) is 0 Å². The fourth-order valence-corrected chi connectivity index (χ4v) is 3.52.